The minimum absolute atomic E-state index is 0.513. The van der Waals surface area contributed by atoms with Gasteiger partial charge in [0.05, 0.1) is 6.54 Å². The zero-order valence-electron chi connectivity index (χ0n) is 9.92. The summed E-state index contributed by atoms with van der Waals surface area (Å²) in [5.74, 6) is 0.584. The lowest BCUT2D eigenvalue weighted by Crippen LogP contribution is -2.16. The SMILES string of the molecule is CNCc1nnc(N(C)Cc2cccnc2)o1. The van der Waals surface area contributed by atoms with Crippen LogP contribution in [0.5, 0.6) is 0 Å². The topological polar surface area (TPSA) is 67.1 Å². The first-order valence-electron chi connectivity index (χ1n) is 5.36. The van der Waals surface area contributed by atoms with Gasteiger partial charge in [-0.05, 0) is 18.7 Å². The largest absolute Gasteiger partial charge is 0.407 e. The fourth-order valence-corrected chi connectivity index (χ4v) is 1.45. The second-order valence-corrected chi connectivity index (χ2v) is 3.73. The van der Waals surface area contributed by atoms with Gasteiger partial charge in [-0.3, -0.25) is 4.98 Å². The van der Waals surface area contributed by atoms with Crippen LogP contribution in [-0.2, 0) is 13.1 Å². The van der Waals surface area contributed by atoms with Gasteiger partial charge in [-0.25, -0.2) is 0 Å². The van der Waals surface area contributed by atoms with Gasteiger partial charge in [0.1, 0.15) is 0 Å². The zero-order chi connectivity index (χ0) is 12.1. The third kappa shape index (κ3) is 3.01. The Morgan fingerprint density at radius 2 is 2.29 bits per heavy atom. The third-order valence-corrected chi connectivity index (χ3v) is 2.25. The van der Waals surface area contributed by atoms with Crippen molar-refractivity contribution in [2.45, 2.75) is 13.1 Å². The lowest BCUT2D eigenvalue weighted by Gasteiger charge is -2.13. The van der Waals surface area contributed by atoms with Gasteiger partial charge in [0.15, 0.2) is 0 Å². The molecule has 0 radical (unpaired) electrons. The van der Waals surface area contributed by atoms with Crippen LogP contribution in [0, 0.1) is 0 Å². The van der Waals surface area contributed by atoms with Gasteiger partial charge < -0.3 is 14.6 Å². The monoisotopic (exact) mass is 233 g/mol. The second kappa shape index (κ2) is 5.40. The summed E-state index contributed by atoms with van der Waals surface area (Å²) in [5.41, 5.74) is 1.10. The molecule has 1 N–H and O–H groups in total. The maximum atomic E-state index is 5.48. The standard InChI is InChI=1S/C11H15N5O/c1-12-7-10-14-15-11(17-10)16(2)8-9-4-3-5-13-6-9/h3-6,12H,7-8H2,1-2H3. The summed E-state index contributed by atoms with van der Waals surface area (Å²) < 4.78 is 5.48. The molecule has 2 aromatic heterocycles. The summed E-state index contributed by atoms with van der Waals surface area (Å²) in [6.07, 6.45) is 3.57. The molecule has 0 amide bonds. The lowest BCUT2D eigenvalue weighted by atomic mass is 10.3. The Bertz CT molecular complexity index is 456. The van der Waals surface area contributed by atoms with Crippen molar-refractivity contribution >= 4 is 6.01 Å². The summed E-state index contributed by atoms with van der Waals surface area (Å²) in [7, 11) is 3.74. The minimum atomic E-state index is 0.513. The summed E-state index contributed by atoms with van der Waals surface area (Å²) in [6.45, 7) is 1.27. The van der Waals surface area contributed by atoms with Crippen LogP contribution in [0.4, 0.5) is 6.01 Å². The number of hydrogen-bond acceptors (Lipinski definition) is 6. The van der Waals surface area contributed by atoms with Crippen LogP contribution in [0.25, 0.3) is 0 Å². The molecule has 2 rings (SSSR count). The molecule has 0 aliphatic heterocycles. The molecule has 2 aromatic rings. The molecule has 6 nitrogen and oxygen atoms in total. The molecule has 0 aromatic carbocycles. The number of rotatable bonds is 5. The van der Waals surface area contributed by atoms with Crippen LogP contribution in [0.15, 0.2) is 28.9 Å². The first-order chi connectivity index (χ1) is 8.29. The average molecular weight is 233 g/mol. The average Bonchev–Trinajstić information content (AvgIpc) is 2.79. The highest BCUT2D eigenvalue weighted by atomic mass is 16.4. The Hall–Kier alpha value is -1.95. The van der Waals surface area contributed by atoms with Crippen molar-refractivity contribution in [2.75, 3.05) is 19.0 Å². The smallest absolute Gasteiger partial charge is 0.318 e. The predicted molar refractivity (Wildman–Crippen MR) is 63.4 cm³/mol. The Kier molecular flexibility index (Phi) is 3.66. The Morgan fingerprint density at radius 3 is 3.00 bits per heavy atom. The molecule has 6 heteroatoms. The highest BCUT2D eigenvalue weighted by Crippen LogP contribution is 2.13. The maximum absolute atomic E-state index is 5.48. The van der Waals surface area contributed by atoms with Crippen molar-refractivity contribution in [3.05, 3.63) is 36.0 Å². The van der Waals surface area contributed by atoms with Crippen LogP contribution < -0.4 is 10.2 Å². The minimum Gasteiger partial charge on any atom is -0.407 e. The molecule has 17 heavy (non-hydrogen) atoms. The number of hydrogen-bond donors (Lipinski definition) is 1. The van der Waals surface area contributed by atoms with Crippen molar-refractivity contribution in [1.82, 2.24) is 20.5 Å². The lowest BCUT2D eigenvalue weighted by molar-refractivity contribution is 0.475. The van der Waals surface area contributed by atoms with Gasteiger partial charge in [0.2, 0.25) is 5.89 Å². The summed E-state index contributed by atoms with van der Waals surface area (Å²) in [5, 5.41) is 10.9. The maximum Gasteiger partial charge on any atom is 0.318 e. The van der Waals surface area contributed by atoms with Gasteiger partial charge in [-0.15, -0.1) is 5.10 Å². The van der Waals surface area contributed by atoms with E-state index in [1.807, 2.05) is 37.3 Å². The molecule has 2 heterocycles. The van der Waals surface area contributed by atoms with Gasteiger partial charge in [0, 0.05) is 26.0 Å². The molecule has 0 unspecified atom stereocenters. The van der Waals surface area contributed by atoms with E-state index >= 15 is 0 Å². The van der Waals surface area contributed by atoms with E-state index in [1.54, 1.807) is 6.20 Å². The molecule has 0 bridgehead atoms. The number of nitrogens with one attached hydrogen (secondary N) is 1. The highest BCUT2D eigenvalue weighted by molar-refractivity contribution is 5.25. The third-order valence-electron chi connectivity index (χ3n) is 2.25. The molecule has 0 saturated carbocycles. The van der Waals surface area contributed by atoms with Gasteiger partial charge in [-0.2, -0.15) is 0 Å². The van der Waals surface area contributed by atoms with Crippen LogP contribution in [0.2, 0.25) is 0 Å². The summed E-state index contributed by atoms with van der Waals surface area (Å²) in [6, 6.07) is 4.43. The molecule has 0 fully saturated rings. The van der Waals surface area contributed by atoms with E-state index in [4.69, 9.17) is 4.42 Å². The number of anilines is 1. The Labute approximate surface area is 99.7 Å². The molecular weight excluding hydrogens is 218 g/mol. The van der Waals surface area contributed by atoms with Crippen LogP contribution >= 0.6 is 0 Å². The fourth-order valence-electron chi connectivity index (χ4n) is 1.45. The van der Waals surface area contributed by atoms with E-state index in [0.717, 1.165) is 5.56 Å². The molecule has 0 atom stereocenters. The molecule has 0 saturated heterocycles. The Balaban J connectivity index is 2.01. The molecule has 0 aliphatic rings. The van der Waals surface area contributed by atoms with Gasteiger partial charge in [0.25, 0.3) is 0 Å². The second-order valence-electron chi connectivity index (χ2n) is 3.73. The number of pyridine rings is 1. The first-order valence-corrected chi connectivity index (χ1v) is 5.36. The van der Waals surface area contributed by atoms with Crippen molar-refractivity contribution in [3.63, 3.8) is 0 Å². The first kappa shape index (κ1) is 11.5. The van der Waals surface area contributed by atoms with E-state index in [9.17, 15) is 0 Å². The van der Waals surface area contributed by atoms with Crippen molar-refractivity contribution < 1.29 is 4.42 Å². The molecule has 90 valence electrons. The zero-order valence-corrected chi connectivity index (χ0v) is 9.92. The predicted octanol–water partition coefficient (Wildman–Crippen LogP) is 0.820. The summed E-state index contributed by atoms with van der Waals surface area (Å²) >= 11 is 0. The van der Waals surface area contributed by atoms with Gasteiger partial charge >= 0.3 is 6.01 Å². The number of aromatic nitrogens is 3. The van der Waals surface area contributed by atoms with Crippen LogP contribution in [0.1, 0.15) is 11.5 Å². The van der Waals surface area contributed by atoms with E-state index < -0.39 is 0 Å². The van der Waals surface area contributed by atoms with Crippen molar-refractivity contribution in [2.24, 2.45) is 0 Å². The van der Waals surface area contributed by atoms with Crippen LogP contribution in [-0.4, -0.2) is 29.3 Å². The van der Waals surface area contributed by atoms with E-state index in [2.05, 4.69) is 20.5 Å². The van der Waals surface area contributed by atoms with E-state index in [-0.39, 0.29) is 0 Å². The molecule has 0 spiro atoms. The molecular formula is C11H15N5O. The molecule has 0 aliphatic carbocycles. The quantitative estimate of drug-likeness (QED) is 0.824. The Morgan fingerprint density at radius 1 is 1.41 bits per heavy atom. The van der Waals surface area contributed by atoms with E-state index in [1.165, 1.54) is 0 Å². The normalized spacial score (nSPS) is 10.5. The number of nitrogens with zero attached hydrogens (tertiary/aromatic N) is 4. The fraction of sp³-hybridized carbons (Fsp3) is 0.364. The highest BCUT2D eigenvalue weighted by Gasteiger charge is 2.10. The summed E-state index contributed by atoms with van der Waals surface area (Å²) in [4.78, 5) is 5.95. The van der Waals surface area contributed by atoms with Crippen molar-refractivity contribution in [3.8, 4) is 0 Å². The van der Waals surface area contributed by atoms with Crippen LogP contribution in [0.3, 0.4) is 0 Å². The van der Waals surface area contributed by atoms with E-state index in [0.29, 0.717) is 25.0 Å². The van der Waals surface area contributed by atoms with Gasteiger partial charge in [-0.1, -0.05) is 11.2 Å². The van der Waals surface area contributed by atoms with Crippen molar-refractivity contribution in [1.29, 1.82) is 0 Å².